The first-order valence-corrected chi connectivity index (χ1v) is 9.50. The quantitative estimate of drug-likeness (QED) is 0.883. The third-order valence-corrected chi connectivity index (χ3v) is 5.98. The van der Waals surface area contributed by atoms with Crippen LogP contribution in [0.3, 0.4) is 0 Å². The number of hydrogen-bond acceptors (Lipinski definition) is 4. The normalized spacial score (nSPS) is 24.8. The molecule has 146 valence electrons. The largest absolute Gasteiger partial charge is 0.508 e. The van der Waals surface area contributed by atoms with Gasteiger partial charge in [0.15, 0.2) is 0 Å². The van der Waals surface area contributed by atoms with E-state index in [-0.39, 0.29) is 36.7 Å². The SMILES string of the molecule is CN1C(=O)CO[C@@H]2CN(C(=O)Cc3ccc(O)cc3)CC[C@]21c1ccccc1. The van der Waals surface area contributed by atoms with E-state index in [1.54, 1.807) is 29.2 Å². The molecule has 0 radical (unpaired) electrons. The fourth-order valence-electron chi connectivity index (χ4n) is 4.35. The summed E-state index contributed by atoms with van der Waals surface area (Å²) in [4.78, 5) is 28.9. The van der Waals surface area contributed by atoms with Crippen molar-refractivity contribution < 1.29 is 19.4 Å². The van der Waals surface area contributed by atoms with Crippen LogP contribution in [0.2, 0.25) is 0 Å². The number of nitrogens with zero attached hydrogens (tertiary/aromatic N) is 2. The zero-order valence-corrected chi connectivity index (χ0v) is 15.9. The fraction of sp³-hybridized carbons (Fsp3) is 0.364. The van der Waals surface area contributed by atoms with Crippen LogP contribution in [0.4, 0.5) is 0 Å². The van der Waals surface area contributed by atoms with E-state index in [0.29, 0.717) is 19.5 Å². The number of aromatic hydroxyl groups is 1. The molecule has 0 bridgehead atoms. The molecule has 0 spiro atoms. The van der Waals surface area contributed by atoms with Crippen LogP contribution in [0.1, 0.15) is 17.5 Å². The van der Waals surface area contributed by atoms with Gasteiger partial charge in [-0.05, 0) is 29.7 Å². The van der Waals surface area contributed by atoms with Crippen LogP contribution >= 0.6 is 0 Å². The summed E-state index contributed by atoms with van der Waals surface area (Å²) in [6, 6.07) is 16.6. The highest BCUT2D eigenvalue weighted by Gasteiger charge is 2.53. The Morgan fingerprint density at radius 1 is 1.18 bits per heavy atom. The molecule has 6 nitrogen and oxygen atoms in total. The minimum Gasteiger partial charge on any atom is -0.508 e. The molecular formula is C22H24N2O4. The molecule has 2 saturated heterocycles. The van der Waals surface area contributed by atoms with Crippen LogP contribution in [0, 0.1) is 0 Å². The number of benzene rings is 2. The van der Waals surface area contributed by atoms with Gasteiger partial charge in [0.05, 0.1) is 12.0 Å². The van der Waals surface area contributed by atoms with Gasteiger partial charge >= 0.3 is 0 Å². The number of ether oxygens (including phenoxy) is 1. The first-order chi connectivity index (χ1) is 13.5. The minimum atomic E-state index is -0.550. The summed E-state index contributed by atoms with van der Waals surface area (Å²) in [5, 5.41) is 9.41. The molecule has 0 aliphatic carbocycles. The Bertz CT molecular complexity index is 868. The van der Waals surface area contributed by atoms with Crippen molar-refractivity contribution in [2.45, 2.75) is 24.5 Å². The van der Waals surface area contributed by atoms with E-state index in [9.17, 15) is 14.7 Å². The van der Waals surface area contributed by atoms with Crippen molar-refractivity contribution in [1.29, 1.82) is 0 Å². The maximum Gasteiger partial charge on any atom is 0.249 e. The molecule has 1 N–H and O–H groups in total. The van der Waals surface area contributed by atoms with E-state index in [0.717, 1.165) is 11.1 Å². The molecule has 2 aromatic carbocycles. The Balaban J connectivity index is 1.56. The van der Waals surface area contributed by atoms with Crippen molar-refractivity contribution in [2.75, 3.05) is 26.7 Å². The number of hydrogen-bond donors (Lipinski definition) is 1. The number of likely N-dealkylation sites (N-methyl/N-ethyl adjacent to an activating group) is 1. The van der Waals surface area contributed by atoms with Gasteiger partial charge in [-0.1, -0.05) is 42.5 Å². The van der Waals surface area contributed by atoms with Crippen LogP contribution < -0.4 is 0 Å². The molecule has 0 unspecified atom stereocenters. The zero-order chi connectivity index (χ0) is 19.7. The first kappa shape index (κ1) is 18.5. The van der Waals surface area contributed by atoms with E-state index in [1.165, 1.54) is 0 Å². The summed E-state index contributed by atoms with van der Waals surface area (Å²) in [6.07, 6.45) is 0.640. The van der Waals surface area contributed by atoms with Crippen molar-refractivity contribution in [3.8, 4) is 5.75 Å². The van der Waals surface area contributed by atoms with E-state index in [4.69, 9.17) is 4.74 Å². The van der Waals surface area contributed by atoms with Crippen LogP contribution in [-0.2, 0) is 26.3 Å². The second-order valence-corrected chi connectivity index (χ2v) is 7.48. The Morgan fingerprint density at radius 3 is 2.61 bits per heavy atom. The van der Waals surface area contributed by atoms with Gasteiger partial charge in [-0.15, -0.1) is 0 Å². The third-order valence-electron chi connectivity index (χ3n) is 5.98. The van der Waals surface area contributed by atoms with Gasteiger partial charge in [0, 0.05) is 20.1 Å². The average Bonchev–Trinajstić information content (AvgIpc) is 2.73. The molecule has 2 amide bonds. The molecule has 2 fully saturated rings. The lowest BCUT2D eigenvalue weighted by atomic mass is 9.76. The molecule has 4 rings (SSSR count). The van der Waals surface area contributed by atoms with Crippen molar-refractivity contribution >= 4 is 11.8 Å². The smallest absolute Gasteiger partial charge is 0.249 e. The van der Waals surface area contributed by atoms with E-state index < -0.39 is 5.54 Å². The van der Waals surface area contributed by atoms with Crippen LogP contribution in [0.25, 0.3) is 0 Å². The maximum absolute atomic E-state index is 12.8. The number of phenols is 1. The average molecular weight is 380 g/mol. The van der Waals surface area contributed by atoms with Crippen LogP contribution in [0.5, 0.6) is 5.75 Å². The molecule has 6 heteroatoms. The van der Waals surface area contributed by atoms with Gasteiger partial charge in [0.25, 0.3) is 0 Å². The summed E-state index contributed by atoms with van der Waals surface area (Å²) < 4.78 is 5.95. The first-order valence-electron chi connectivity index (χ1n) is 9.50. The number of fused-ring (bicyclic) bond motifs is 1. The third kappa shape index (κ3) is 3.14. The van der Waals surface area contributed by atoms with E-state index in [2.05, 4.69) is 0 Å². The number of piperidine rings is 1. The number of amides is 2. The standard InChI is InChI=1S/C22H24N2O4/c1-23-21(27)15-28-19-14-24(20(26)13-16-7-9-18(25)10-8-16)12-11-22(19,23)17-5-3-2-4-6-17/h2-10,19,25H,11-15H2,1H3/t19-,22+/m1/s1. The van der Waals surface area contributed by atoms with Gasteiger partial charge in [-0.3, -0.25) is 9.59 Å². The lowest BCUT2D eigenvalue weighted by Crippen LogP contribution is -2.67. The second-order valence-electron chi connectivity index (χ2n) is 7.48. The van der Waals surface area contributed by atoms with Crippen molar-refractivity contribution in [3.63, 3.8) is 0 Å². The molecule has 2 aliphatic rings. The highest BCUT2D eigenvalue weighted by molar-refractivity contribution is 5.81. The maximum atomic E-state index is 12.8. The molecule has 0 aromatic heterocycles. The van der Waals surface area contributed by atoms with Gasteiger partial charge in [-0.2, -0.15) is 0 Å². The van der Waals surface area contributed by atoms with Gasteiger partial charge in [0.1, 0.15) is 18.5 Å². The molecule has 2 heterocycles. The summed E-state index contributed by atoms with van der Waals surface area (Å²) in [5.41, 5.74) is 1.35. The van der Waals surface area contributed by atoms with Crippen molar-refractivity contribution in [1.82, 2.24) is 9.80 Å². The van der Waals surface area contributed by atoms with Gasteiger partial charge in [0.2, 0.25) is 11.8 Å². The van der Waals surface area contributed by atoms with Crippen molar-refractivity contribution in [3.05, 3.63) is 65.7 Å². The summed E-state index contributed by atoms with van der Waals surface area (Å²) in [6.45, 7) is 1.04. The number of morpholine rings is 1. The van der Waals surface area contributed by atoms with Crippen molar-refractivity contribution in [2.24, 2.45) is 0 Å². The Hall–Kier alpha value is -2.86. The molecule has 2 aliphatic heterocycles. The lowest BCUT2D eigenvalue weighted by molar-refractivity contribution is -0.184. The number of rotatable bonds is 3. The summed E-state index contributed by atoms with van der Waals surface area (Å²) in [5.74, 6) is 0.171. The Labute approximate surface area is 164 Å². The van der Waals surface area contributed by atoms with Gasteiger partial charge in [-0.25, -0.2) is 0 Å². The van der Waals surface area contributed by atoms with Crippen LogP contribution in [0.15, 0.2) is 54.6 Å². The van der Waals surface area contributed by atoms with Gasteiger partial charge < -0.3 is 19.6 Å². The molecule has 0 saturated carbocycles. The van der Waals surface area contributed by atoms with E-state index >= 15 is 0 Å². The topological polar surface area (TPSA) is 70.1 Å². The number of phenolic OH excluding ortho intramolecular Hbond substituents is 1. The highest BCUT2D eigenvalue weighted by Crippen LogP contribution is 2.42. The molecule has 28 heavy (non-hydrogen) atoms. The van der Waals surface area contributed by atoms with E-state index in [1.807, 2.05) is 42.3 Å². The minimum absolute atomic E-state index is 0.0236. The molecule has 2 atom stereocenters. The predicted octanol–water partition coefficient (Wildman–Crippen LogP) is 1.92. The number of likely N-dealkylation sites (tertiary alicyclic amines) is 1. The number of carbonyl (C=O) groups excluding carboxylic acids is 2. The fourth-order valence-corrected chi connectivity index (χ4v) is 4.35. The van der Waals surface area contributed by atoms with Crippen LogP contribution in [-0.4, -0.2) is 59.6 Å². The lowest BCUT2D eigenvalue weighted by Gasteiger charge is -2.54. The summed E-state index contributed by atoms with van der Waals surface area (Å²) >= 11 is 0. The summed E-state index contributed by atoms with van der Waals surface area (Å²) in [7, 11) is 1.83. The molecular weight excluding hydrogens is 356 g/mol. The Kier molecular flexibility index (Phi) is 4.81. The monoisotopic (exact) mass is 380 g/mol. The second kappa shape index (κ2) is 7.28. The highest BCUT2D eigenvalue weighted by atomic mass is 16.5. The molecule has 2 aromatic rings. The predicted molar refractivity (Wildman–Crippen MR) is 104 cm³/mol. The Morgan fingerprint density at radius 2 is 1.89 bits per heavy atom. The number of carbonyl (C=O) groups is 2. The zero-order valence-electron chi connectivity index (χ0n) is 15.9.